The Hall–Kier alpha value is -0.700. The quantitative estimate of drug-likeness (QED) is 0.628. The minimum atomic E-state index is -3.41. The number of rotatable bonds is 5. The first-order valence-corrected chi connectivity index (χ1v) is 7.74. The number of nitrogens with zero attached hydrogens (tertiary/aromatic N) is 2. The molecule has 0 saturated carbocycles. The van der Waals surface area contributed by atoms with Crippen LogP contribution >= 0.6 is 0 Å². The molecule has 2 saturated heterocycles. The first-order chi connectivity index (χ1) is 8.49. The molecule has 7 nitrogen and oxygen atoms in total. The molecule has 2 N–H and O–H groups in total. The van der Waals surface area contributed by atoms with Crippen LogP contribution in [0.1, 0.15) is 6.42 Å². The highest BCUT2D eigenvalue weighted by Gasteiger charge is 2.31. The van der Waals surface area contributed by atoms with E-state index in [1.54, 1.807) is 0 Å². The van der Waals surface area contributed by atoms with Gasteiger partial charge in [0.05, 0.1) is 12.2 Å². The average Bonchev–Trinajstić information content (AvgIpc) is 2.25. The van der Waals surface area contributed by atoms with Gasteiger partial charge in [0.1, 0.15) is 0 Å². The summed E-state index contributed by atoms with van der Waals surface area (Å²) in [7, 11) is -3.41. The van der Waals surface area contributed by atoms with Gasteiger partial charge in [-0.05, 0) is 0 Å². The fraction of sp³-hybridized carbons (Fsp3) is 0.900. The molecule has 2 rings (SSSR count). The SMILES string of the molecule is O=C(O)CCS(=O)(=O)N1CCN(C2CNC2)CC1. The molecule has 0 unspecified atom stereocenters. The van der Waals surface area contributed by atoms with Crippen LogP contribution in [0.2, 0.25) is 0 Å². The third-order valence-electron chi connectivity index (χ3n) is 3.52. The molecule has 8 heteroatoms. The molecule has 0 aromatic rings. The number of hydrogen-bond acceptors (Lipinski definition) is 5. The van der Waals surface area contributed by atoms with Crippen LogP contribution in [0.25, 0.3) is 0 Å². The topological polar surface area (TPSA) is 89.9 Å². The second-order valence-corrected chi connectivity index (χ2v) is 6.80. The molecule has 0 amide bonds. The molecule has 18 heavy (non-hydrogen) atoms. The molecular formula is C10H19N3O4S. The van der Waals surface area contributed by atoms with Crippen LogP contribution in [-0.4, -0.2) is 79.8 Å². The summed E-state index contributed by atoms with van der Waals surface area (Å²) in [5.41, 5.74) is 0. The molecule has 2 aliphatic rings. The van der Waals surface area contributed by atoms with Gasteiger partial charge in [0.25, 0.3) is 0 Å². The second kappa shape index (κ2) is 5.52. The summed E-state index contributed by atoms with van der Waals surface area (Å²) >= 11 is 0. The van der Waals surface area contributed by atoms with Crippen LogP contribution in [0.5, 0.6) is 0 Å². The molecule has 0 radical (unpaired) electrons. The fourth-order valence-electron chi connectivity index (χ4n) is 2.22. The highest BCUT2D eigenvalue weighted by Crippen LogP contribution is 2.13. The minimum Gasteiger partial charge on any atom is -0.481 e. The number of carboxylic acid groups (broad SMARTS) is 1. The van der Waals surface area contributed by atoms with E-state index in [0.29, 0.717) is 19.1 Å². The third kappa shape index (κ3) is 3.19. The van der Waals surface area contributed by atoms with E-state index in [-0.39, 0.29) is 12.2 Å². The van der Waals surface area contributed by atoms with Crippen molar-refractivity contribution in [2.45, 2.75) is 12.5 Å². The Morgan fingerprint density at radius 3 is 2.28 bits per heavy atom. The van der Waals surface area contributed by atoms with Crippen LogP contribution in [0, 0.1) is 0 Å². The van der Waals surface area contributed by atoms with Gasteiger partial charge < -0.3 is 10.4 Å². The standard InChI is InChI=1S/C10H19N3O4S/c14-10(15)1-6-18(16,17)13-4-2-12(3-5-13)9-7-11-8-9/h9,11H,1-8H2,(H,14,15). The van der Waals surface area contributed by atoms with Crippen molar-refractivity contribution in [3.05, 3.63) is 0 Å². The van der Waals surface area contributed by atoms with Gasteiger partial charge in [-0.2, -0.15) is 4.31 Å². The lowest BCUT2D eigenvalue weighted by Gasteiger charge is -2.42. The predicted octanol–water partition coefficient (Wildman–Crippen LogP) is -1.62. The molecule has 0 aromatic heterocycles. The molecular weight excluding hydrogens is 258 g/mol. The number of carbonyl (C=O) groups is 1. The Balaban J connectivity index is 1.82. The van der Waals surface area contributed by atoms with E-state index in [9.17, 15) is 13.2 Å². The normalized spacial score (nSPS) is 23.8. The van der Waals surface area contributed by atoms with Crippen LogP contribution < -0.4 is 5.32 Å². The van der Waals surface area contributed by atoms with Crippen molar-refractivity contribution >= 4 is 16.0 Å². The number of sulfonamides is 1. The molecule has 0 spiro atoms. The maximum atomic E-state index is 11.9. The summed E-state index contributed by atoms with van der Waals surface area (Å²) in [5.74, 6) is -1.37. The van der Waals surface area contributed by atoms with E-state index >= 15 is 0 Å². The Labute approximate surface area is 107 Å². The van der Waals surface area contributed by atoms with Crippen molar-refractivity contribution < 1.29 is 18.3 Å². The molecule has 0 aliphatic carbocycles. The van der Waals surface area contributed by atoms with Gasteiger partial charge in [0.2, 0.25) is 10.0 Å². The molecule has 2 heterocycles. The van der Waals surface area contributed by atoms with Crippen molar-refractivity contribution in [2.75, 3.05) is 45.0 Å². The van der Waals surface area contributed by atoms with Crippen LogP contribution in [0.4, 0.5) is 0 Å². The van der Waals surface area contributed by atoms with Gasteiger partial charge in [0, 0.05) is 45.3 Å². The number of nitrogens with one attached hydrogen (secondary N) is 1. The number of hydrogen-bond donors (Lipinski definition) is 2. The van der Waals surface area contributed by atoms with Crippen molar-refractivity contribution in [3.63, 3.8) is 0 Å². The van der Waals surface area contributed by atoms with E-state index in [2.05, 4.69) is 10.2 Å². The van der Waals surface area contributed by atoms with Crippen LogP contribution in [-0.2, 0) is 14.8 Å². The molecule has 0 aromatic carbocycles. The zero-order chi connectivity index (χ0) is 13.2. The predicted molar refractivity (Wildman–Crippen MR) is 65.8 cm³/mol. The Bertz CT molecular complexity index is 399. The summed E-state index contributed by atoms with van der Waals surface area (Å²) in [6.07, 6.45) is -0.324. The maximum absolute atomic E-state index is 11.9. The summed E-state index contributed by atoms with van der Waals surface area (Å²) in [6.45, 7) is 4.37. The van der Waals surface area contributed by atoms with Gasteiger partial charge in [-0.25, -0.2) is 8.42 Å². The Morgan fingerprint density at radius 1 is 1.22 bits per heavy atom. The largest absolute Gasteiger partial charge is 0.481 e. The molecule has 2 fully saturated rings. The van der Waals surface area contributed by atoms with E-state index < -0.39 is 16.0 Å². The van der Waals surface area contributed by atoms with Crippen LogP contribution in [0.15, 0.2) is 0 Å². The van der Waals surface area contributed by atoms with Gasteiger partial charge in [-0.3, -0.25) is 9.69 Å². The van der Waals surface area contributed by atoms with Crippen molar-refractivity contribution in [1.82, 2.24) is 14.5 Å². The zero-order valence-corrected chi connectivity index (χ0v) is 11.0. The zero-order valence-electron chi connectivity index (χ0n) is 10.2. The highest BCUT2D eigenvalue weighted by atomic mass is 32.2. The molecule has 0 atom stereocenters. The number of piperazine rings is 1. The molecule has 0 bridgehead atoms. The molecule has 104 valence electrons. The van der Waals surface area contributed by atoms with E-state index in [4.69, 9.17) is 5.11 Å². The lowest BCUT2D eigenvalue weighted by molar-refractivity contribution is -0.136. The van der Waals surface area contributed by atoms with Gasteiger partial charge in [0.15, 0.2) is 0 Å². The lowest BCUT2D eigenvalue weighted by atomic mass is 10.1. The Morgan fingerprint density at radius 2 is 1.83 bits per heavy atom. The van der Waals surface area contributed by atoms with E-state index in [1.807, 2.05) is 0 Å². The smallest absolute Gasteiger partial charge is 0.304 e. The van der Waals surface area contributed by atoms with E-state index in [1.165, 1.54) is 4.31 Å². The van der Waals surface area contributed by atoms with Crippen molar-refractivity contribution in [1.29, 1.82) is 0 Å². The van der Waals surface area contributed by atoms with Crippen LogP contribution in [0.3, 0.4) is 0 Å². The lowest BCUT2D eigenvalue weighted by Crippen LogP contribution is -2.62. The van der Waals surface area contributed by atoms with Gasteiger partial charge in [-0.1, -0.05) is 0 Å². The fourth-order valence-corrected chi connectivity index (χ4v) is 3.63. The first-order valence-electron chi connectivity index (χ1n) is 6.13. The minimum absolute atomic E-state index is 0.298. The molecule has 2 aliphatic heterocycles. The third-order valence-corrected chi connectivity index (χ3v) is 5.39. The van der Waals surface area contributed by atoms with Crippen molar-refractivity contribution in [3.8, 4) is 0 Å². The average molecular weight is 277 g/mol. The highest BCUT2D eigenvalue weighted by molar-refractivity contribution is 7.89. The monoisotopic (exact) mass is 277 g/mol. The van der Waals surface area contributed by atoms with Gasteiger partial charge >= 0.3 is 5.97 Å². The van der Waals surface area contributed by atoms with E-state index in [0.717, 1.165) is 26.2 Å². The Kier molecular flexibility index (Phi) is 4.21. The summed E-state index contributed by atoms with van der Waals surface area (Å²) < 4.78 is 25.2. The first kappa shape index (κ1) is 13.7. The maximum Gasteiger partial charge on any atom is 0.304 e. The second-order valence-electron chi connectivity index (χ2n) is 4.71. The number of carboxylic acids is 1. The number of aliphatic carboxylic acids is 1. The summed E-state index contributed by atoms with van der Waals surface area (Å²) in [6, 6.07) is 0.536. The summed E-state index contributed by atoms with van der Waals surface area (Å²) in [4.78, 5) is 12.7. The van der Waals surface area contributed by atoms with Crippen molar-refractivity contribution in [2.24, 2.45) is 0 Å². The summed E-state index contributed by atoms with van der Waals surface area (Å²) in [5, 5.41) is 11.7. The van der Waals surface area contributed by atoms with Gasteiger partial charge in [-0.15, -0.1) is 0 Å².